The Kier molecular flexibility index (Phi) is 5.46. The number of nitrogens with two attached hydrogens (primary N) is 1. The summed E-state index contributed by atoms with van der Waals surface area (Å²) >= 11 is 0. The number of hydrazine groups is 1. The highest BCUT2D eigenvalue weighted by molar-refractivity contribution is 5.28. The summed E-state index contributed by atoms with van der Waals surface area (Å²) in [6, 6.07) is 8.53. The fourth-order valence-electron chi connectivity index (χ4n) is 1.83. The average Bonchev–Trinajstić information content (AvgIpc) is 2.31. The quantitative estimate of drug-likeness (QED) is 0.573. The fraction of sp³-hybridized carbons (Fsp3) is 0.538. The van der Waals surface area contributed by atoms with Gasteiger partial charge in [-0.3, -0.25) is 11.3 Å². The lowest BCUT2D eigenvalue weighted by Gasteiger charge is -2.20. The van der Waals surface area contributed by atoms with Crippen LogP contribution in [0.15, 0.2) is 24.3 Å². The first-order valence-corrected chi connectivity index (χ1v) is 5.73. The molecule has 0 radical (unpaired) electrons. The molecule has 90 valence electrons. The van der Waals surface area contributed by atoms with Crippen molar-refractivity contribution < 1.29 is 4.74 Å². The van der Waals surface area contributed by atoms with Crippen molar-refractivity contribution >= 4 is 0 Å². The lowest BCUT2D eigenvalue weighted by molar-refractivity contribution is 0.106. The van der Waals surface area contributed by atoms with Gasteiger partial charge in [-0.2, -0.15) is 0 Å². The van der Waals surface area contributed by atoms with E-state index in [1.165, 1.54) is 11.1 Å². The van der Waals surface area contributed by atoms with Gasteiger partial charge in [-0.05, 0) is 37.8 Å². The minimum Gasteiger partial charge on any atom is -0.382 e. The van der Waals surface area contributed by atoms with Gasteiger partial charge in [-0.15, -0.1) is 0 Å². The molecule has 0 fully saturated rings. The minimum atomic E-state index is 0.207. The number of methoxy groups -OCH3 is 1. The van der Waals surface area contributed by atoms with Gasteiger partial charge in [0, 0.05) is 13.2 Å². The number of hydrogen-bond acceptors (Lipinski definition) is 3. The molecule has 3 N–H and O–H groups in total. The largest absolute Gasteiger partial charge is 0.382 e. The van der Waals surface area contributed by atoms with E-state index < -0.39 is 0 Å². The summed E-state index contributed by atoms with van der Waals surface area (Å²) < 4.78 is 5.24. The van der Waals surface area contributed by atoms with Crippen molar-refractivity contribution in [1.82, 2.24) is 5.43 Å². The lowest BCUT2D eigenvalue weighted by atomic mass is 9.97. The summed E-state index contributed by atoms with van der Waals surface area (Å²) in [6.45, 7) is 4.19. The van der Waals surface area contributed by atoms with Crippen LogP contribution in [0.4, 0.5) is 0 Å². The first-order valence-electron chi connectivity index (χ1n) is 5.73. The summed E-state index contributed by atoms with van der Waals surface area (Å²) in [5.41, 5.74) is 5.43. The third kappa shape index (κ3) is 3.59. The van der Waals surface area contributed by atoms with Gasteiger partial charge in [0.05, 0.1) is 6.10 Å². The summed E-state index contributed by atoms with van der Waals surface area (Å²) in [5.74, 6) is 5.61. The van der Waals surface area contributed by atoms with E-state index in [4.69, 9.17) is 10.6 Å². The first-order chi connectivity index (χ1) is 7.69. The molecule has 0 bridgehead atoms. The van der Waals surface area contributed by atoms with Crippen LogP contribution in [0.25, 0.3) is 0 Å². The van der Waals surface area contributed by atoms with E-state index in [2.05, 4.69) is 31.4 Å². The molecule has 0 saturated heterocycles. The van der Waals surface area contributed by atoms with Crippen molar-refractivity contribution in [3.05, 3.63) is 35.4 Å². The molecule has 3 nitrogen and oxygen atoms in total. The van der Waals surface area contributed by atoms with Crippen LogP contribution in [0.1, 0.15) is 36.9 Å². The number of aryl methyl sites for hydroxylation is 1. The van der Waals surface area contributed by atoms with Crippen LogP contribution in [0.5, 0.6) is 0 Å². The molecule has 0 aromatic heterocycles. The highest BCUT2D eigenvalue weighted by atomic mass is 16.5. The van der Waals surface area contributed by atoms with Crippen LogP contribution in [-0.2, 0) is 4.74 Å². The second-order valence-electron chi connectivity index (χ2n) is 4.20. The molecule has 0 heterocycles. The molecular formula is C13H22N2O. The highest BCUT2D eigenvalue weighted by Gasteiger charge is 2.12. The van der Waals surface area contributed by atoms with Gasteiger partial charge in [0.25, 0.3) is 0 Å². The maximum atomic E-state index is 5.61. The van der Waals surface area contributed by atoms with Crippen LogP contribution in [-0.4, -0.2) is 13.2 Å². The number of rotatable bonds is 6. The van der Waals surface area contributed by atoms with Crippen LogP contribution in [0, 0.1) is 6.92 Å². The molecule has 2 atom stereocenters. The molecule has 0 aliphatic carbocycles. The van der Waals surface area contributed by atoms with Crippen molar-refractivity contribution in [2.24, 2.45) is 5.84 Å². The molecule has 0 aliphatic rings. The zero-order valence-corrected chi connectivity index (χ0v) is 10.4. The standard InChI is InChI=1S/C13H22N2O/c1-10-6-4-5-7-12(10)13(15-14)9-8-11(2)16-3/h4-7,11,13,15H,8-9,14H2,1-3H3. The van der Waals surface area contributed by atoms with Gasteiger partial charge in [0.2, 0.25) is 0 Å². The third-order valence-electron chi connectivity index (χ3n) is 3.03. The summed E-state index contributed by atoms with van der Waals surface area (Å²) in [6.07, 6.45) is 2.26. The predicted molar refractivity (Wildman–Crippen MR) is 66.9 cm³/mol. The number of hydrogen-bond donors (Lipinski definition) is 2. The monoisotopic (exact) mass is 222 g/mol. The second kappa shape index (κ2) is 6.63. The van der Waals surface area contributed by atoms with E-state index in [9.17, 15) is 0 Å². The normalized spacial score (nSPS) is 14.8. The Morgan fingerprint density at radius 2 is 2.00 bits per heavy atom. The van der Waals surface area contributed by atoms with Crippen LogP contribution in [0.2, 0.25) is 0 Å². The molecule has 1 rings (SSSR count). The average molecular weight is 222 g/mol. The zero-order chi connectivity index (χ0) is 12.0. The van der Waals surface area contributed by atoms with E-state index >= 15 is 0 Å². The summed E-state index contributed by atoms with van der Waals surface area (Å²) in [7, 11) is 1.74. The molecule has 1 aromatic carbocycles. The van der Waals surface area contributed by atoms with Gasteiger partial charge in [-0.1, -0.05) is 24.3 Å². The van der Waals surface area contributed by atoms with E-state index in [-0.39, 0.29) is 12.1 Å². The van der Waals surface area contributed by atoms with Gasteiger partial charge in [-0.25, -0.2) is 0 Å². The van der Waals surface area contributed by atoms with E-state index in [1.54, 1.807) is 7.11 Å². The Bertz CT molecular complexity index is 315. The smallest absolute Gasteiger partial charge is 0.0543 e. The van der Waals surface area contributed by atoms with Gasteiger partial charge < -0.3 is 4.74 Å². The topological polar surface area (TPSA) is 47.3 Å². The highest BCUT2D eigenvalue weighted by Crippen LogP contribution is 2.22. The van der Waals surface area contributed by atoms with Crippen LogP contribution in [0.3, 0.4) is 0 Å². The SMILES string of the molecule is COC(C)CCC(NN)c1ccccc1C. The molecule has 0 saturated carbocycles. The molecule has 1 aromatic rings. The molecule has 2 unspecified atom stereocenters. The Labute approximate surface area is 98.0 Å². The van der Waals surface area contributed by atoms with Crippen LogP contribution >= 0.6 is 0 Å². The zero-order valence-electron chi connectivity index (χ0n) is 10.4. The van der Waals surface area contributed by atoms with Crippen molar-refractivity contribution in [1.29, 1.82) is 0 Å². The Morgan fingerprint density at radius 3 is 2.56 bits per heavy atom. The number of benzene rings is 1. The maximum Gasteiger partial charge on any atom is 0.0543 e. The fourth-order valence-corrected chi connectivity index (χ4v) is 1.83. The Hall–Kier alpha value is -0.900. The van der Waals surface area contributed by atoms with Gasteiger partial charge >= 0.3 is 0 Å². The predicted octanol–water partition coefficient (Wildman–Crippen LogP) is 2.31. The minimum absolute atomic E-state index is 0.207. The van der Waals surface area contributed by atoms with E-state index in [0.717, 1.165) is 12.8 Å². The van der Waals surface area contributed by atoms with Gasteiger partial charge in [0.15, 0.2) is 0 Å². The molecular weight excluding hydrogens is 200 g/mol. The Balaban J connectivity index is 2.64. The first kappa shape index (κ1) is 13.2. The molecule has 3 heteroatoms. The second-order valence-corrected chi connectivity index (χ2v) is 4.20. The number of nitrogens with one attached hydrogen (secondary N) is 1. The molecule has 0 aliphatic heterocycles. The molecule has 16 heavy (non-hydrogen) atoms. The van der Waals surface area contributed by atoms with E-state index in [1.807, 2.05) is 12.1 Å². The van der Waals surface area contributed by atoms with Gasteiger partial charge in [0.1, 0.15) is 0 Å². The molecule has 0 amide bonds. The lowest BCUT2D eigenvalue weighted by Crippen LogP contribution is -2.29. The van der Waals surface area contributed by atoms with Crippen LogP contribution < -0.4 is 11.3 Å². The third-order valence-corrected chi connectivity index (χ3v) is 3.03. The van der Waals surface area contributed by atoms with Crippen molar-refractivity contribution in [2.45, 2.75) is 38.8 Å². The molecule has 0 spiro atoms. The summed E-state index contributed by atoms with van der Waals surface area (Å²) in [5, 5.41) is 0. The summed E-state index contributed by atoms with van der Waals surface area (Å²) in [4.78, 5) is 0. The maximum absolute atomic E-state index is 5.61. The van der Waals surface area contributed by atoms with Crippen molar-refractivity contribution in [3.8, 4) is 0 Å². The van der Waals surface area contributed by atoms with E-state index in [0.29, 0.717) is 0 Å². The Morgan fingerprint density at radius 1 is 1.31 bits per heavy atom. The van der Waals surface area contributed by atoms with Crippen molar-refractivity contribution in [2.75, 3.05) is 7.11 Å². The number of ether oxygens (including phenoxy) is 1. The van der Waals surface area contributed by atoms with Crippen molar-refractivity contribution in [3.63, 3.8) is 0 Å².